The van der Waals surface area contributed by atoms with Gasteiger partial charge in [0, 0.05) is 23.7 Å². The lowest BCUT2D eigenvalue weighted by molar-refractivity contribution is 0.557. The molecular weight excluding hydrogens is 238 g/mol. The summed E-state index contributed by atoms with van der Waals surface area (Å²) in [6.07, 6.45) is 2.39. The highest BCUT2D eigenvalue weighted by Crippen LogP contribution is 2.25. The van der Waals surface area contributed by atoms with E-state index in [9.17, 15) is 0 Å². The molecule has 17 heavy (non-hydrogen) atoms. The highest BCUT2D eigenvalue weighted by atomic mass is 35.5. The fourth-order valence-electron chi connectivity index (χ4n) is 1.96. The first-order chi connectivity index (χ1) is 8.33. The zero-order chi connectivity index (χ0) is 11.7. The molecule has 5 heteroatoms. The van der Waals surface area contributed by atoms with Crippen molar-refractivity contribution in [3.8, 4) is 11.5 Å². The van der Waals surface area contributed by atoms with Gasteiger partial charge >= 0.3 is 6.01 Å². The highest BCUT2D eigenvalue weighted by Gasteiger charge is 2.18. The minimum atomic E-state index is 0.545. The van der Waals surface area contributed by atoms with Crippen molar-refractivity contribution in [1.29, 1.82) is 0 Å². The Hall–Kier alpha value is -1.55. The molecule has 0 radical (unpaired) electrons. The van der Waals surface area contributed by atoms with Crippen LogP contribution in [-0.4, -0.2) is 23.3 Å². The number of hydrogen-bond acceptors (Lipinski definition) is 4. The van der Waals surface area contributed by atoms with Crippen molar-refractivity contribution in [2.24, 2.45) is 0 Å². The molecule has 1 aliphatic heterocycles. The third-order valence-electron chi connectivity index (χ3n) is 2.88. The molecule has 1 fully saturated rings. The predicted molar refractivity (Wildman–Crippen MR) is 66.2 cm³/mol. The van der Waals surface area contributed by atoms with E-state index in [2.05, 4.69) is 15.1 Å². The molecule has 0 aliphatic carbocycles. The van der Waals surface area contributed by atoms with Crippen LogP contribution in [0, 0.1) is 0 Å². The van der Waals surface area contributed by atoms with Crippen molar-refractivity contribution in [1.82, 2.24) is 10.2 Å². The lowest BCUT2D eigenvalue weighted by Gasteiger charge is -2.09. The summed E-state index contributed by atoms with van der Waals surface area (Å²) in [5.74, 6) is 0.545. The Bertz CT molecular complexity index is 503. The zero-order valence-corrected chi connectivity index (χ0v) is 10.0. The first kappa shape index (κ1) is 10.6. The lowest BCUT2D eigenvalue weighted by atomic mass is 10.2. The van der Waals surface area contributed by atoms with Gasteiger partial charge in [-0.1, -0.05) is 16.7 Å². The highest BCUT2D eigenvalue weighted by molar-refractivity contribution is 6.30. The second-order valence-corrected chi connectivity index (χ2v) is 4.53. The summed E-state index contributed by atoms with van der Waals surface area (Å²) < 4.78 is 5.65. The topological polar surface area (TPSA) is 42.2 Å². The van der Waals surface area contributed by atoms with E-state index in [1.165, 1.54) is 12.8 Å². The number of aromatic nitrogens is 2. The van der Waals surface area contributed by atoms with Crippen molar-refractivity contribution >= 4 is 17.6 Å². The largest absolute Gasteiger partial charge is 0.403 e. The molecule has 0 amide bonds. The van der Waals surface area contributed by atoms with Crippen LogP contribution in [0.2, 0.25) is 5.02 Å². The Morgan fingerprint density at radius 3 is 2.47 bits per heavy atom. The summed E-state index contributed by atoms with van der Waals surface area (Å²) in [5.41, 5.74) is 0.896. The molecule has 4 nitrogen and oxygen atoms in total. The molecule has 0 spiro atoms. The Labute approximate surface area is 104 Å². The van der Waals surface area contributed by atoms with Crippen LogP contribution in [-0.2, 0) is 0 Å². The van der Waals surface area contributed by atoms with Crippen LogP contribution in [0.1, 0.15) is 12.8 Å². The molecule has 1 saturated heterocycles. The van der Waals surface area contributed by atoms with Gasteiger partial charge in [-0.2, -0.15) is 0 Å². The molecule has 1 aromatic carbocycles. The summed E-state index contributed by atoms with van der Waals surface area (Å²) in [7, 11) is 0. The third kappa shape index (κ3) is 2.13. The first-order valence-corrected chi connectivity index (χ1v) is 6.05. The maximum atomic E-state index is 5.83. The Morgan fingerprint density at radius 2 is 1.76 bits per heavy atom. The predicted octanol–water partition coefficient (Wildman–Crippen LogP) is 2.99. The van der Waals surface area contributed by atoms with Crippen molar-refractivity contribution in [3.05, 3.63) is 29.3 Å². The van der Waals surface area contributed by atoms with E-state index in [0.29, 0.717) is 16.9 Å². The molecule has 1 aromatic heterocycles. The van der Waals surface area contributed by atoms with Crippen molar-refractivity contribution in [2.45, 2.75) is 12.8 Å². The number of anilines is 1. The Balaban J connectivity index is 1.86. The van der Waals surface area contributed by atoms with Gasteiger partial charge in [0.1, 0.15) is 0 Å². The van der Waals surface area contributed by atoms with E-state index in [0.717, 1.165) is 18.7 Å². The smallest absolute Gasteiger partial charge is 0.318 e. The number of hydrogen-bond donors (Lipinski definition) is 0. The van der Waals surface area contributed by atoms with E-state index in [1.807, 2.05) is 24.3 Å². The van der Waals surface area contributed by atoms with Crippen LogP contribution in [0.5, 0.6) is 0 Å². The summed E-state index contributed by atoms with van der Waals surface area (Å²) in [4.78, 5) is 2.12. The van der Waals surface area contributed by atoms with Gasteiger partial charge < -0.3 is 9.32 Å². The normalized spacial score (nSPS) is 15.5. The minimum absolute atomic E-state index is 0.545. The third-order valence-corrected chi connectivity index (χ3v) is 3.13. The molecule has 88 valence electrons. The second kappa shape index (κ2) is 4.37. The average Bonchev–Trinajstić information content (AvgIpc) is 3.00. The van der Waals surface area contributed by atoms with Gasteiger partial charge in [-0.3, -0.25) is 0 Å². The van der Waals surface area contributed by atoms with Crippen LogP contribution in [0.15, 0.2) is 28.7 Å². The maximum absolute atomic E-state index is 5.83. The average molecular weight is 250 g/mol. The van der Waals surface area contributed by atoms with E-state index in [1.54, 1.807) is 0 Å². The van der Waals surface area contributed by atoms with Crippen LogP contribution in [0.3, 0.4) is 0 Å². The molecule has 0 unspecified atom stereocenters. The molecule has 2 heterocycles. The Morgan fingerprint density at radius 1 is 1.06 bits per heavy atom. The SMILES string of the molecule is Clc1ccc(-c2nnc(N3CCCC3)o2)cc1. The summed E-state index contributed by atoms with van der Waals surface area (Å²) in [6.45, 7) is 2.00. The van der Waals surface area contributed by atoms with E-state index >= 15 is 0 Å². The van der Waals surface area contributed by atoms with Crippen molar-refractivity contribution in [3.63, 3.8) is 0 Å². The number of rotatable bonds is 2. The quantitative estimate of drug-likeness (QED) is 0.821. The zero-order valence-electron chi connectivity index (χ0n) is 9.27. The fourth-order valence-corrected chi connectivity index (χ4v) is 2.09. The summed E-state index contributed by atoms with van der Waals surface area (Å²) in [5, 5.41) is 8.83. The second-order valence-electron chi connectivity index (χ2n) is 4.09. The van der Waals surface area contributed by atoms with Gasteiger partial charge in [0.2, 0.25) is 5.89 Å². The number of halogens is 1. The number of benzene rings is 1. The van der Waals surface area contributed by atoms with Crippen molar-refractivity contribution < 1.29 is 4.42 Å². The minimum Gasteiger partial charge on any atom is -0.403 e. The monoisotopic (exact) mass is 249 g/mol. The molecule has 2 aromatic rings. The summed E-state index contributed by atoms with van der Waals surface area (Å²) >= 11 is 5.83. The molecule has 1 aliphatic rings. The molecule has 0 N–H and O–H groups in total. The van der Waals surface area contributed by atoms with Crippen LogP contribution < -0.4 is 4.90 Å². The van der Waals surface area contributed by atoms with Gasteiger partial charge in [0.05, 0.1) is 0 Å². The van der Waals surface area contributed by atoms with Gasteiger partial charge in [-0.05, 0) is 37.1 Å². The summed E-state index contributed by atoms with van der Waals surface area (Å²) in [6, 6.07) is 8.01. The standard InChI is InChI=1S/C12H12ClN3O/c13-10-5-3-9(4-6-10)11-14-15-12(17-11)16-7-1-2-8-16/h3-6H,1-2,7-8H2. The van der Waals surface area contributed by atoms with Crippen LogP contribution >= 0.6 is 11.6 Å². The van der Waals surface area contributed by atoms with Crippen LogP contribution in [0.4, 0.5) is 6.01 Å². The molecule has 0 atom stereocenters. The van der Waals surface area contributed by atoms with Gasteiger partial charge in [-0.15, -0.1) is 5.10 Å². The van der Waals surface area contributed by atoms with Crippen LogP contribution in [0.25, 0.3) is 11.5 Å². The van der Waals surface area contributed by atoms with Crippen molar-refractivity contribution in [2.75, 3.05) is 18.0 Å². The lowest BCUT2D eigenvalue weighted by Crippen LogP contribution is -2.17. The van der Waals surface area contributed by atoms with E-state index in [4.69, 9.17) is 16.0 Å². The molecule has 0 bridgehead atoms. The number of nitrogens with zero attached hydrogens (tertiary/aromatic N) is 3. The van der Waals surface area contributed by atoms with Gasteiger partial charge in [0.15, 0.2) is 0 Å². The maximum Gasteiger partial charge on any atom is 0.318 e. The first-order valence-electron chi connectivity index (χ1n) is 5.67. The van der Waals surface area contributed by atoms with E-state index < -0.39 is 0 Å². The Kier molecular flexibility index (Phi) is 2.73. The van der Waals surface area contributed by atoms with Gasteiger partial charge in [0.25, 0.3) is 0 Å². The van der Waals surface area contributed by atoms with Gasteiger partial charge in [-0.25, -0.2) is 0 Å². The van der Waals surface area contributed by atoms with E-state index in [-0.39, 0.29) is 0 Å². The molecule has 0 saturated carbocycles. The molecular formula is C12H12ClN3O. The molecule has 3 rings (SSSR count). The fraction of sp³-hybridized carbons (Fsp3) is 0.333.